The Bertz CT molecular complexity index is 214. The molecule has 1 radical (unpaired) electrons. The number of hydrogen-bond acceptors (Lipinski definition) is 3. The molecule has 2 N–H and O–H groups in total. The maximum Gasteiger partial charge on any atom is 0.109 e. The first-order valence-electron chi connectivity index (χ1n) is 5.68. The molecule has 0 amide bonds. The minimum atomic E-state index is -0.746. The van der Waals surface area contributed by atoms with Gasteiger partial charge >= 0.3 is 0 Å². The van der Waals surface area contributed by atoms with Gasteiger partial charge in [0.1, 0.15) is 12.2 Å². The van der Waals surface area contributed by atoms with Crippen LogP contribution in [0.5, 0.6) is 0 Å². The van der Waals surface area contributed by atoms with Crippen molar-refractivity contribution in [1.82, 2.24) is 0 Å². The molecule has 0 aliphatic carbocycles. The van der Waals surface area contributed by atoms with Crippen LogP contribution in [0.1, 0.15) is 40.0 Å². The number of aliphatic hydroxyl groups is 2. The first kappa shape index (κ1) is 21.0. The fourth-order valence-electron chi connectivity index (χ4n) is 2.23. The summed E-state index contributed by atoms with van der Waals surface area (Å²) in [4.78, 5) is 0. The third-order valence-corrected chi connectivity index (χ3v) is 3.21. The largest absolute Gasteiger partial charge is 0.388 e. The van der Waals surface area contributed by atoms with Gasteiger partial charge in [-0.1, -0.05) is 20.3 Å². The molecule has 1 heterocycles. The predicted octanol–water partition coefficient (Wildman–Crippen LogP) is 1.52. The van der Waals surface area contributed by atoms with Crippen molar-refractivity contribution in [1.29, 1.82) is 0 Å². The van der Waals surface area contributed by atoms with Crippen LogP contribution in [0.2, 0.25) is 0 Å². The van der Waals surface area contributed by atoms with E-state index in [4.69, 9.17) is 4.74 Å². The van der Waals surface area contributed by atoms with E-state index in [0.717, 1.165) is 19.3 Å². The molecule has 0 aromatic rings. The van der Waals surface area contributed by atoms with E-state index in [1.54, 1.807) is 6.92 Å². The van der Waals surface area contributed by atoms with Crippen LogP contribution in [0.15, 0.2) is 0 Å². The smallest absolute Gasteiger partial charge is 0.109 e. The molecule has 1 saturated heterocycles. The van der Waals surface area contributed by atoms with Crippen molar-refractivity contribution in [2.45, 2.75) is 64.4 Å². The van der Waals surface area contributed by atoms with E-state index in [-0.39, 0.29) is 71.4 Å². The van der Waals surface area contributed by atoms with E-state index < -0.39 is 12.2 Å². The van der Waals surface area contributed by atoms with Crippen molar-refractivity contribution >= 4 is 0 Å². The molecule has 0 aromatic carbocycles. The predicted molar refractivity (Wildman–Crippen MR) is 59.3 cm³/mol. The molecule has 0 aromatic heterocycles. The second-order valence-corrected chi connectivity index (χ2v) is 5.33. The van der Waals surface area contributed by atoms with Crippen LogP contribution >= 0.6 is 0 Å². The van der Waals surface area contributed by atoms with Crippen molar-refractivity contribution in [3.05, 3.63) is 6.92 Å². The van der Waals surface area contributed by atoms with Crippen LogP contribution in [-0.4, -0.2) is 34.6 Å². The van der Waals surface area contributed by atoms with E-state index in [0.29, 0.717) is 0 Å². The van der Waals surface area contributed by atoms with E-state index in [9.17, 15) is 10.2 Å². The monoisotopic (exact) mass is 488 g/mol. The third kappa shape index (κ3) is 6.10. The van der Waals surface area contributed by atoms with Crippen LogP contribution in [0, 0.1) is 12.3 Å². The topological polar surface area (TPSA) is 49.7 Å². The van der Waals surface area contributed by atoms with Crippen molar-refractivity contribution in [2.24, 2.45) is 5.41 Å². The number of aliphatic hydroxyl groups excluding tert-OH is 2. The minimum Gasteiger partial charge on any atom is -0.388 e. The molecule has 0 spiro atoms. The molecule has 99 valence electrons. The van der Waals surface area contributed by atoms with E-state index >= 15 is 0 Å². The Kier molecular flexibility index (Phi) is 10.8. The fraction of sp³-hybridized carbons (Fsp3) is 0.917. The van der Waals surface area contributed by atoms with Crippen LogP contribution in [0.3, 0.4) is 0 Å². The number of rotatable bonds is 4. The van der Waals surface area contributed by atoms with Gasteiger partial charge in [0.25, 0.3) is 0 Å². The van der Waals surface area contributed by atoms with Crippen LogP contribution in [0.25, 0.3) is 0 Å². The summed E-state index contributed by atoms with van der Waals surface area (Å²) in [5.74, 6) is 0. The van der Waals surface area contributed by atoms with E-state index in [2.05, 4.69) is 20.8 Å². The molecule has 3 nitrogen and oxygen atoms in total. The van der Waals surface area contributed by atoms with Gasteiger partial charge in [-0.25, -0.2) is 0 Å². The van der Waals surface area contributed by atoms with Gasteiger partial charge in [0.2, 0.25) is 0 Å². The molecule has 1 fully saturated rings. The van der Waals surface area contributed by atoms with Crippen LogP contribution < -0.4 is 0 Å². The zero-order valence-electron chi connectivity index (χ0n) is 10.9. The Balaban J connectivity index is 0. The maximum absolute atomic E-state index is 9.77. The standard InChI is InChI=1S/C12H23O3.W.Y/c1-5-6-12(3,4)7-9-11(14)10(13)8(2)15-9;;/h8-11,13-14H,1,5-7H2,2-4H3;;/q-1;;/t8?,9?,10-,11+;;/m0../s1. The summed E-state index contributed by atoms with van der Waals surface area (Å²) in [6.45, 7) is 9.92. The Morgan fingerprint density at radius 2 is 1.76 bits per heavy atom. The zero-order chi connectivity index (χ0) is 11.6. The van der Waals surface area contributed by atoms with Gasteiger partial charge < -0.3 is 21.9 Å². The van der Waals surface area contributed by atoms with E-state index in [1.807, 2.05) is 0 Å². The average Bonchev–Trinajstić information content (AvgIpc) is 2.33. The maximum atomic E-state index is 9.77. The summed E-state index contributed by atoms with van der Waals surface area (Å²) >= 11 is 0. The third-order valence-electron chi connectivity index (χ3n) is 3.21. The molecule has 0 saturated carbocycles. The molecule has 5 heteroatoms. The number of hydrogen-bond donors (Lipinski definition) is 2. The van der Waals surface area contributed by atoms with Gasteiger partial charge in [-0.15, -0.1) is 0 Å². The van der Waals surface area contributed by atoms with Gasteiger partial charge in [-0.05, 0) is 18.8 Å². The average molecular weight is 488 g/mol. The summed E-state index contributed by atoms with van der Waals surface area (Å²) in [7, 11) is 0. The van der Waals surface area contributed by atoms with Gasteiger partial charge in [0.15, 0.2) is 0 Å². The molecule has 0 bridgehead atoms. The molecular weight excluding hydrogens is 465 g/mol. The molecule has 4 atom stereocenters. The first-order valence-corrected chi connectivity index (χ1v) is 5.68. The summed E-state index contributed by atoms with van der Waals surface area (Å²) in [6.07, 6.45) is 0.662. The summed E-state index contributed by atoms with van der Waals surface area (Å²) in [6, 6.07) is 0. The van der Waals surface area contributed by atoms with Crippen molar-refractivity contribution < 1.29 is 68.7 Å². The minimum absolute atomic E-state index is 0. The molecular formula is C12H23O3WY-. The van der Waals surface area contributed by atoms with Gasteiger partial charge in [0, 0.05) is 53.8 Å². The SMILES string of the molecule is [CH2-]CCC(C)(C)CC1OC(C)[C@H](O)[C@@H]1O.[W].[Y]. The quantitative estimate of drug-likeness (QED) is 0.591. The van der Waals surface area contributed by atoms with E-state index in [1.165, 1.54) is 0 Å². The van der Waals surface area contributed by atoms with Crippen LogP contribution in [-0.2, 0) is 58.5 Å². The van der Waals surface area contributed by atoms with Crippen molar-refractivity contribution in [3.8, 4) is 0 Å². The van der Waals surface area contributed by atoms with Gasteiger partial charge in [0.05, 0.1) is 12.2 Å². The van der Waals surface area contributed by atoms with Gasteiger partial charge in [-0.2, -0.15) is 6.42 Å². The molecule has 2 unspecified atom stereocenters. The first-order chi connectivity index (χ1) is 6.87. The Morgan fingerprint density at radius 3 is 2.12 bits per heavy atom. The van der Waals surface area contributed by atoms with Crippen molar-refractivity contribution in [3.63, 3.8) is 0 Å². The summed E-state index contributed by atoms with van der Waals surface area (Å²) in [5.41, 5.74) is 0.108. The Hall–Kier alpha value is 1.67. The zero-order valence-corrected chi connectivity index (χ0v) is 16.7. The molecule has 1 rings (SSSR count). The second-order valence-electron chi connectivity index (χ2n) is 5.33. The molecule has 1 aliphatic heterocycles. The summed E-state index contributed by atoms with van der Waals surface area (Å²) in [5, 5.41) is 19.3. The fourth-order valence-corrected chi connectivity index (χ4v) is 2.23. The normalized spacial score (nSPS) is 32.8. The molecule has 17 heavy (non-hydrogen) atoms. The number of ether oxygens (including phenoxy) is 1. The molecule has 1 aliphatic rings. The summed E-state index contributed by atoms with van der Waals surface area (Å²) < 4.78 is 5.55. The Labute approximate surface area is 144 Å². The van der Waals surface area contributed by atoms with Crippen LogP contribution in [0.4, 0.5) is 0 Å². The van der Waals surface area contributed by atoms with Gasteiger partial charge in [-0.3, -0.25) is 0 Å². The second kappa shape index (κ2) is 8.77. The van der Waals surface area contributed by atoms with Crippen molar-refractivity contribution in [2.75, 3.05) is 0 Å². The Morgan fingerprint density at radius 1 is 1.24 bits per heavy atom.